The Morgan fingerprint density at radius 2 is 1.84 bits per heavy atom. The molecular formula is C24H23N5OS. The van der Waals surface area contributed by atoms with E-state index in [0.29, 0.717) is 13.2 Å². The lowest BCUT2D eigenvalue weighted by atomic mass is 10.1. The summed E-state index contributed by atoms with van der Waals surface area (Å²) < 4.78 is 9.23. The lowest BCUT2D eigenvalue weighted by Gasteiger charge is -2.12. The zero-order valence-corrected chi connectivity index (χ0v) is 18.3. The van der Waals surface area contributed by atoms with Crippen LogP contribution in [0.3, 0.4) is 0 Å². The van der Waals surface area contributed by atoms with Crippen LogP contribution in [0, 0.1) is 0 Å². The fourth-order valence-electron chi connectivity index (χ4n) is 3.72. The van der Waals surface area contributed by atoms with Crippen LogP contribution in [0.15, 0.2) is 66.3 Å². The van der Waals surface area contributed by atoms with Crippen molar-refractivity contribution in [3.05, 3.63) is 66.3 Å². The third-order valence-electron chi connectivity index (χ3n) is 5.12. The minimum absolute atomic E-state index is 0.211. The van der Waals surface area contributed by atoms with Gasteiger partial charge in [0.15, 0.2) is 17.0 Å². The van der Waals surface area contributed by atoms with Crippen LogP contribution in [-0.4, -0.2) is 32.7 Å². The Hall–Kier alpha value is -3.45. The molecule has 0 unspecified atom stereocenters. The van der Waals surface area contributed by atoms with Crippen LogP contribution in [0.4, 0.5) is 5.82 Å². The Bertz CT molecular complexity index is 1330. The minimum Gasteiger partial charge on any atom is -0.492 e. The Balaban J connectivity index is 1.48. The topological polar surface area (TPSA) is 64.9 Å². The van der Waals surface area contributed by atoms with Crippen LogP contribution in [0.25, 0.3) is 32.6 Å². The fraction of sp³-hybridized carbons (Fsp3) is 0.208. The summed E-state index contributed by atoms with van der Waals surface area (Å²) in [5.41, 5.74) is 2.74. The zero-order valence-electron chi connectivity index (χ0n) is 17.4. The van der Waals surface area contributed by atoms with Crippen LogP contribution in [0.5, 0.6) is 5.75 Å². The van der Waals surface area contributed by atoms with Gasteiger partial charge in [0.05, 0.1) is 6.54 Å². The van der Waals surface area contributed by atoms with Gasteiger partial charge in [-0.2, -0.15) is 0 Å². The maximum atomic E-state index is 5.78. The molecule has 0 saturated heterocycles. The Labute approximate surface area is 184 Å². The lowest BCUT2D eigenvalue weighted by Crippen LogP contribution is -2.13. The summed E-state index contributed by atoms with van der Waals surface area (Å²) >= 11 is 1.74. The Morgan fingerprint density at radius 3 is 2.68 bits per heavy atom. The largest absolute Gasteiger partial charge is 0.492 e. The molecular weight excluding hydrogens is 406 g/mol. The SMILES string of the molecule is CC(C)n1c(-c2csc3ccccc23)nc2c(NCCOc3ccccc3)ncnc21. The molecule has 0 aliphatic carbocycles. The average Bonchev–Trinajstić information content (AvgIpc) is 3.39. The molecule has 3 aromatic heterocycles. The summed E-state index contributed by atoms with van der Waals surface area (Å²) in [6.45, 7) is 5.46. The first-order chi connectivity index (χ1) is 15.2. The molecule has 0 spiro atoms. The van der Waals surface area contributed by atoms with E-state index in [9.17, 15) is 0 Å². The maximum Gasteiger partial charge on any atom is 0.166 e. The Kier molecular flexibility index (Phi) is 5.26. The smallest absolute Gasteiger partial charge is 0.166 e. The highest BCUT2D eigenvalue weighted by atomic mass is 32.1. The first-order valence-electron chi connectivity index (χ1n) is 10.3. The molecule has 0 atom stereocenters. The first kappa shape index (κ1) is 19.5. The molecule has 3 heterocycles. The third kappa shape index (κ3) is 3.72. The second-order valence-corrected chi connectivity index (χ2v) is 8.44. The quantitative estimate of drug-likeness (QED) is 0.332. The fourth-order valence-corrected chi connectivity index (χ4v) is 4.66. The molecule has 2 aromatic carbocycles. The van der Waals surface area contributed by atoms with E-state index in [1.165, 1.54) is 10.1 Å². The number of hydrogen-bond donors (Lipinski definition) is 1. The van der Waals surface area contributed by atoms with Crippen molar-refractivity contribution < 1.29 is 4.74 Å². The van der Waals surface area contributed by atoms with E-state index in [-0.39, 0.29) is 6.04 Å². The molecule has 0 amide bonds. The highest BCUT2D eigenvalue weighted by Gasteiger charge is 2.21. The molecule has 0 fully saturated rings. The number of hydrogen-bond acceptors (Lipinski definition) is 6. The van der Waals surface area contributed by atoms with Gasteiger partial charge in [-0.15, -0.1) is 11.3 Å². The van der Waals surface area contributed by atoms with Crippen LogP contribution in [0.2, 0.25) is 0 Å². The number of benzene rings is 2. The van der Waals surface area contributed by atoms with Crippen molar-refractivity contribution in [3.63, 3.8) is 0 Å². The van der Waals surface area contributed by atoms with Gasteiger partial charge in [-0.05, 0) is 32.0 Å². The van der Waals surface area contributed by atoms with Crippen LogP contribution in [0.1, 0.15) is 19.9 Å². The molecule has 1 N–H and O–H groups in total. The second kappa shape index (κ2) is 8.35. The first-order valence-corrected chi connectivity index (χ1v) is 11.2. The number of para-hydroxylation sites is 1. The van der Waals surface area contributed by atoms with Gasteiger partial charge >= 0.3 is 0 Å². The minimum atomic E-state index is 0.211. The normalized spacial score (nSPS) is 11.5. The summed E-state index contributed by atoms with van der Waals surface area (Å²) in [5.74, 6) is 2.50. The molecule has 7 heteroatoms. The summed E-state index contributed by atoms with van der Waals surface area (Å²) in [7, 11) is 0. The second-order valence-electron chi connectivity index (χ2n) is 7.53. The van der Waals surface area contributed by atoms with Gasteiger partial charge in [0.1, 0.15) is 24.5 Å². The molecule has 0 aliphatic heterocycles. The van der Waals surface area contributed by atoms with Gasteiger partial charge < -0.3 is 14.6 Å². The van der Waals surface area contributed by atoms with Gasteiger partial charge in [0, 0.05) is 27.1 Å². The maximum absolute atomic E-state index is 5.78. The molecule has 31 heavy (non-hydrogen) atoms. The van der Waals surface area contributed by atoms with Gasteiger partial charge in [-0.3, -0.25) is 0 Å². The summed E-state index contributed by atoms with van der Waals surface area (Å²) in [5, 5.41) is 6.76. The highest BCUT2D eigenvalue weighted by molar-refractivity contribution is 7.17. The number of fused-ring (bicyclic) bond motifs is 2. The monoisotopic (exact) mass is 429 g/mol. The molecule has 6 nitrogen and oxygen atoms in total. The number of aromatic nitrogens is 4. The lowest BCUT2D eigenvalue weighted by molar-refractivity contribution is 0.333. The molecule has 0 saturated carbocycles. The number of nitrogens with zero attached hydrogens (tertiary/aromatic N) is 4. The molecule has 0 bridgehead atoms. The summed E-state index contributed by atoms with van der Waals surface area (Å²) in [4.78, 5) is 14.0. The van der Waals surface area contributed by atoms with Crippen LogP contribution < -0.4 is 10.1 Å². The summed E-state index contributed by atoms with van der Waals surface area (Å²) in [6, 6.07) is 18.4. The number of nitrogens with one attached hydrogen (secondary N) is 1. The summed E-state index contributed by atoms with van der Waals surface area (Å²) in [6.07, 6.45) is 1.60. The average molecular weight is 430 g/mol. The molecule has 0 aliphatic rings. The van der Waals surface area contributed by atoms with E-state index in [0.717, 1.165) is 34.1 Å². The number of rotatable bonds is 7. The van der Waals surface area contributed by atoms with Crippen molar-refractivity contribution in [2.45, 2.75) is 19.9 Å². The van der Waals surface area contributed by atoms with Crippen molar-refractivity contribution in [3.8, 4) is 17.1 Å². The van der Waals surface area contributed by atoms with Gasteiger partial charge in [-0.25, -0.2) is 15.0 Å². The predicted molar refractivity (Wildman–Crippen MR) is 127 cm³/mol. The van der Waals surface area contributed by atoms with Crippen molar-refractivity contribution >= 4 is 38.4 Å². The van der Waals surface area contributed by atoms with Crippen molar-refractivity contribution in [1.29, 1.82) is 0 Å². The number of imidazole rings is 1. The zero-order chi connectivity index (χ0) is 21.2. The molecule has 0 radical (unpaired) electrons. The molecule has 5 aromatic rings. The van der Waals surface area contributed by atoms with Gasteiger partial charge in [0.25, 0.3) is 0 Å². The van der Waals surface area contributed by atoms with Crippen molar-refractivity contribution in [2.75, 3.05) is 18.5 Å². The van der Waals surface area contributed by atoms with Crippen molar-refractivity contribution in [2.24, 2.45) is 0 Å². The van der Waals surface area contributed by atoms with E-state index < -0.39 is 0 Å². The van der Waals surface area contributed by atoms with Crippen LogP contribution >= 0.6 is 11.3 Å². The van der Waals surface area contributed by atoms with Gasteiger partial charge in [0.2, 0.25) is 0 Å². The van der Waals surface area contributed by atoms with E-state index >= 15 is 0 Å². The van der Waals surface area contributed by atoms with E-state index in [1.54, 1.807) is 17.7 Å². The predicted octanol–water partition coefficient (Wildman–Crippen LogP) is 5.78. The van der Waals surface area contributed by atoms with Crippen molar-refractivity contribution in [1.82, 2.24) is 19.5 Å². The standard InChI is InChI=1S/C24H23N5OS/c1-16(2)29-23(19-14-31-20-11-7-6-10-18(19)20)28-21-22(26-15-27-24(21)29)25-12-13-30-17-8-4-3-5-9-17/h3-11,14-16H,12-13H2,1-2H3,(H,25,26,27). The number of anilines is 1. The Morgan fingerprint density at radius 1 is 1.03 bits per heavy atom. The number of ether oxygens (including phenoxy) is 1. The van der Waals surface area contributed by atoms with E-state index in [2.05, 4.69) is 63.3 Å². The molecule has 156 valence electrons. The third-order valence-corrected chi connectivity index (χ3v) is 6.09. The number of thiophene rings is 1. The van der Waals surface area contributed by atoms with Gasteiger partial charge in [-0.1, -0.05) is 36.4 Å². The van der Waals surface area contributed by atoms with Crippen LogP contribution in [-0.2, 0) is 0 Å². The van der Waals surface area contributed by atoms with E-state index in [1.807, 2.05) is 30.3 Å². The molecule has 5 rings (SSSR count). The highest BCUT2D eigenvalue weighted by Crippen LogP contribution is 2.36. The van der Waals surface area contributed by atoms with E-state index in [4.69, 9.17) is 9.72 Å².